The van der Waals surface area contributed by atoms with Gasteiger partial charge in [-0.15, -0.1) is 0 Å². The molecule has 1 fully saturated rings. The molecule has 2 N–H and O–H groups in total. The smallest absolute Gasteiger partial charge is 0.123 e. The van der Waals surface area contributed by atoms with Gasteiger partial charge in [0.1, 0.15) is 5.82 Å². The standard InChI is InChI=1S/C15H23FN2/c16-15-5-3-13(4-6-15)2-1-9-18-10-7-14(12-17)8-11-18/h3-6,14H,1-2,7-12,17H2. The molecule has 3 heteroatoms. The van der Waals surface area contributed by atoms with Crippen molar-refractivity contribution >= 4 is 0 Å². The summed E-state index contributed by atoms with van der Waals surface area (Å²) in [6.07, 6.45) is 4.68. The largest absolute Gasteiger partial charge is 0.330 e. The molecule has 0 amide bonds. The molecule has 1 aliphatic rings. The highest BCUT2D eigenvalue weighted by Crippen LogP contribution is 2.16. The predicted molar refractivity (Wildman–Crippen MR) is 72.9 cm³/mol. The molecule has 0 spiro atoms. The first kappa shape index (κ1) is 13.5. The van der Waals surface area contributed by atoms with Crippen LogP contribution in [-0.4, -0.2) is 31.1 Å². The molecule has 1 aromatic rings. The summed E-state index contributed by atoms with van der Waals surface area (Å²) in [5.74, 6) is 0.584. The van der Waals surface area contributed by atoms with E-state index in [1.807, 2.05) is 12.1 Å². The van der Waals surface area contributed by atoms with Crippen molar-refractivity contribution in [2.75, 3.05) is 26.2 Å². The normalized spacial score (nSPS) is 18.1. The number of likely N-dealkylation sites (tertiary alicyclic amines) is 1. The van der Waals surface area contributed by atoms with Gasteiger partial charge in [-0.2, -0.15) is 0 Å². The minimum Gasteiger partial charge on any atom is -0.330 e. The molecule has 0 aromatic heterocycles. The summed E-state index contributed by atoms with van der Waals surface area (Å²) >= 11 is 0. The third-order valence-corrected chi connectivity index (χ3v) is 3.89. The van der Waals surface area contributed by atoms with Crippen molar-refractivity contribution in [2.24, 2.45) is 11.7 Å². The number of piperidine rings is 1. The lowest BCUT2D eigenvalue weighted by Crippen LogP contribution is -2.36. The number of nitrogens with zero attached hydrogens (tertiary/aromatic N) is 1. The molecule has 100 valence electrons. The first-order chi connectivity index (χ1) is 8.78. The molecule has 1 aliphatic heterocycles. The van der Waals surface area contributed by atoms with Gasteiger partial charge in [-0.05, 0) is 75.5 Å². The maximum atomic E-state index is 12.8. The van der Waals surface area contributed by atoms with E-state index >= 15 is 0 Å². The molecule has 0 aliphatic carbocycles. The van der Waals surface area contributed by atoms with Crippen LogP contribution in [0.25, 0.3) is 0 Å². The van der Waals surface area contributed by atoms with Gasteiger partial charge in [0.05, 0.1) is 0 Å². The zero-order valence-electron chi connectivity index (χ0n) is 10.9. The number of nitrogens with two attached hydrogens (primary N) is 1. The van der Waals surface area contributed by atoms with Gasteiger partial charge in [0.2, 0.25) is 0 Å². The Balaban J connectivity index is 1.65. The van der Waals surface area contributed by atoms with Gasteiger partial charge in [-0.25, -0.2) is 4.39 Å². The Kier molecular flexibility index (Phi) is 5.14. The molecule has 2 rings (SSSR count). The molecular formula is C15H23FN2. The first-order valence-electron chi connectivity index (χ1n) is 6.95. The summed E-state index contributed by atoms with van der Waals surface area (Å²) in [7, 11) is 0. The number of aryl methyl sites for hydroxylation is 1. The average Bonchev–Trinajstić information content (AvgIpc) is 2.42. The summed E-state index contributed by atoms with van der Waals surface area (Å²) in [4.78, 5) is 2.52. The molecule has 0 radical (unpaired) electrons. The van der Waals surface area contributed by atoms with Gasteiger partial charge < -0.3 is 10.6 Å². The monoisotopic (exact) mass is 250 g/mol. The van der Waals surface area contributed by atoms with Crippen molar-refractivity contribution in [3.05, 3.63) is 35.6 Å². The van der Waals surface area contributed by atoms with Gasteiger partial charge in [0.25, 0.3) is 0 Å². The summed E-state index contributed by atoms with van der Waals surface area (Å²) in [5.41, 5.74) is 6.92. The van der Waals surface area contributed by atoms with Crippen molar-refractivity contribution in [3.8, 4) is 0 Å². The van der Waals surface area contributed by atoms with Crippen LogP contribution >= 0.6 is 0 Å². The predicted octanol–water partition coefficient (Wildman–Crippen LogP) is 2.43. The van der Waals surface area contributed by atoms with Crippen LogP contribution in [0, 0.1) is 11.7 Å². The Hall–Kier alpha value is -0.930. The molecule has 0 saturated carbocycles. The fraction of sp³-hybridized carbons (Fsp3) is 0.600. The number of rotatable bonds is 5. The zero-order valence-corrected chi connectivity index (χ0v) is 10.9. The van der Waals surface area contributed by atoms with E-state index in [1.165, 1.54) is 31.5 Å². The lowest BCUT2D eigenvalue weighted by molar-refractivity contribution is 0.186. The minimum atomic E-state index is -0.150. The molecule has 0 atom stereocenters. The van der Waals surface area contributed by atoms with E-state index in [9.17, 15) is 4.39 Å². The van der Waals surface area contributed by atoms with E-state index in [0.29, 0.717) is 0 Å². The topological polar surface area (TPSA) is 29.3 Å². The van der Waals surface area contributed by atoms with Crippen molar-refractivity contribution in [1.29, 1.82) is 0 Å². The maximum Gasteiger partial charge on any atom is 0.123 e. The minimum absolute atomic E-state index is 0.150. The summed E-state index contributed by atoms with van der Waals surface area (Å²) in [5, 5.41) is 0. The lowest BCUT2D eigenvalue weighted by Gasteiger charge is -2.31. The van der Waals surface area contributed by atoms with Gasteiger partial charge in [-0.3, -0.25) is 0 Å². The van der Waals surface area contributed by atoms with Crippen LogP contribution in [0.5, 0.6) is 0 Å². The van der Waals surface area contributed by atoms with Crippen LogP contribution in [0.1, 0.15) is 24.8 Å². The molecule has 1 aromatic carbocycles. The third kappa shape index (κ3) is 4.07. The number of benzene rings is 1. The fourth-order valence-corrected chi connectivity index (χ4v) is 2.60. The Bertz CT molecular complexity index is 342. The van der Waals surface area contributed by atoms with E-state index in [2.05, 4.69) is 4.90 Å². The summed E-state index contributed by atoms with van der Waals surface area (Å²) in [6.45, 7) is 4.36. The van der Waals surface area contributed by atoms with Gasteiger partial charge in [-0.1, -0.05) is 12.1 Å². The summed E-state index contributed by atoms with van der Waals surface area (Å²) in [6, 6.07) is 6.86. The molecule has 18 heavy (non-hydrogen) atoms. The molecule has 0 unspecified atom stereocenters. The van der Waals surface area contributed by atoms with Gasteiger partial charge >= 0.3 is 0 Å². The fourth-order valence-electron chi connectivity index (χ4n) is 2.60. The Morgan fingerprint density at radius 1 is 1.17 bits per heavy atom. The van der Waals surface area contributed by atoms with Crippen LogP contribution in [0.3, 0.4) is 0 Å². The van der Waals surface area contributed by atoms with Gasteiger partial charge in [0, 0.05) is 0 Å². The van der Waals surface area contributed by atoms with Crippen LogP contribution in [-0.2, 0) is 6.42 Å². The third-order valence-electron chi connectivity index (χ3n) is 3.89. The Labute approximate surface area is 109 Å². The van der Waals surface area contributed by atoms with Gasteiger partial charge in [0.15, 0.2) is 0 Å². The van der Waals surface area contributed by atoms with E-state index < -0.39 is 0 Å². The molecule has 1 saturated heterocycles. The Morgan fingerprint density at radius 2 is 1.83 bits per heavy atom. The molecule has 1 heterocycles. The first-order valence-corrected chi connectivity index (χ1v) is 6.95. The van der Waals surface area contributed by atoms with E-state index in [1.54, 1.807) is 12.1 Å². The van der Waals surface area contributed by atoms with Crippen molar-refractivity contribution in [3.63, 3.8) is 0 Å². The zero-order chi connectivity index (χ0) is 12.8. The van der Waals surface area contributed by atoms with E-state index in [0.717, 1.165) is 31.8 Å². The average molecular weight is 250 g/mol. The van der Waals surface area contributed by atoms with Crippen LogP contribution in [0.15, 0.2) is 24.3 Å². The van der Waals surface area contributed by atoms with Crippen LogP contribution in [0.4, 0.5) is 4.39 Å². The molecule has 0 bridgehead atoms. The van der Waals surface area contributed by atoms with E-state index in [-0.39, 0.29) is 5.82 Å². The Morgan fingerprint density at radius 3 is 2.44 bits per heavy atom. The van der Waals surface area contributed by atoms with E-state index in [4.69, 9.17) is 5.73 Å². The van der Waals surface area contributed by atoms with Crippen LogP contribution in [0.2, 0.25) is 0 Å². The second-order valence-corrected chi connectivity index (χ2v) is 5.25. The van der Waals surface area contributed by atoms with Crippen molar-refractivity contribution in [2.45, 2.75) is 25.7 Å². The number of hydrogen-bond donors (Lipinski definition) is 1. The quantitative estimate of drug-likeness (QED) is 0.869. The SMILES string of the molecule is NCC1CCN(CCCc2ccc(F)cc2)CC1. The highest BCUT2D eigenvalue weighted by Gasteiger charge is 2.17. The summed E-state index contributed by atoms with van der Waals surface area (Å²) < 4.78 is 12.8. The second kappa shape index (κ2) is 6.86. The lowest BCUT2D eigenvalue weighted by atomic mass is 9.97. The van der Waals surface area contributed by atoms with Crippen molar-refractivity contribution in [1.82, 2.24) is 4.90 Å². The maximum absolute atomic E-state index is 12.8. The highest BCUT2D eigenvalue weighted by atomic mass is 19.1. The number of halogens is 1. The van der Waals surface area contributed by atoms with Crippen molar-refractivity contribution < 1.29 is 4.39 Å². The highest BCUT2D eigenvalue weighted by molar-refractivity contribution is 5.15. The van der Waals surface area contributed by atoms with Crippen LogP contribution < -0.4 is 5.73 Å². The second-order valence-electron chi connectivity index (χ2n) is 5.25. The molecular weight excluding hydrogens is 227 g/mol. The molecule has 2 nitrogen and oxygen atoms in total. The number of hydrogen-bond acceptors (Lipinski definition) is 2.